The Hall–Kier alpha value is -1.31. The fourth-order valence-electron chi connectivity index (χ4n) is 2.21. The maximum Gasteiger partial charge on any atom is 0.201 e. The summed E-state index contributed by atoms with van der Waals surface area (Å²) in [6.45, 7) is 3.21. The van der Waals surface area contributed by atoms with Crippen molar-refractivity contribution in [1.29, 1.82) is 0 Å². The molecule has 1 heterocycles. The molecule has 0 N–H and O–H groups in total. The maximum absolute atomic E-state index is 11.8. The Morgan fingerprint density at radius 3 is 2.80 bits per heavy atom. The molecule has 1 atom stereocenters. The van der Waals surface area contributed by atoms with Crippen LogP contribution in [0.25, 0.3) is 0 Å². The van der Waals surface area contributed by atoms with E-state index >= 15 is 0 Å². The highest BCUT2D eigenvalue weighted by molar-refractivity contribution is 5.46. The minimum Gasteiger partial charge on any atom is -0.366 e. The van der Waals surface area contributed by atoms with Crippen molar-refractivity contribution in [2.45, 2.75) is 32.2 Å². The summed E-state index contributed by atoms with van der Waals surface area (Å²) >= 11 is 0. The molecular formula is C13H17NO. The van der Waals surface area contributed by atoms with Crippen molar-refractivity contribution in [3.63, 3.8) is 0 Å². The van der Waals surface area contributed by atoms with E-state index in [-0.39, 0.29) is 5.43 Å². The fourth-order valence-corrected chi connectivity index (χ4v) is 2.21. The van der Waals surface area contributed by atoms with Crippen molar-refractivity contribution < 1.29 is 0 Å². The predicted molar refractivity (Wildman–Crippen MR) is 63.4 cm³/mol. The van der Waals surface area contributed by atoms with E-state index in [1.807, 2.05) is 18.2 Å². The van der Waals surface area contributed by atoms with Crippen molar-refractivity contribution in [2.75, 3.05) is 11.4 Å². The van der Waals surface area contributed by atoms with E-state index in [2.05, 4.69) is 11.8 Å². The minimum absolute atomic E-state index is 0.133. The number of hydrogen-bond donors (Lipinski definition) is 0. The average Bonchev–Trinajstić information content (AvgIpc) is 2.44. The first-order chi connectivity index (χ1) is 7.29. The van der Waals surface area contributed by atoms with Gasteiger partial charge in [-0.1, -0.05) is 18.2 Å². The molecule has 0 bridgehead atoms. The Balaban J connectivity index is 2.36. The zero-order valence-corrected chi connectivity index (χ0v) is 9.15. The summed E-state index contributed by atoms with van der Waals surface area (Å²) in [5.41, 5.74) is 0.987. The predicted octanol–water partition coefficient (Wildman–Crippen LogP) is 2.43. The second-order valence-corrected chi connectivity index (χ2v) is 4.20. The minimum atomic E-state index is 0.133. The summed E-state index contributed by atoms with van der Waals surface area (Å²) in [4.78, 5) is 14.1. The molecule has 1 saturated heterocycles. The van der Waals surface area contributed by atoms with E-state index in [0.717, 1.165) is 12.2 Å². The third-order valence-corrected chi connectivity index (χ3v) is 3.09. The topological polar surface area (TPSA) is 20.3 Å². The number of rotatable bonds is 1. The van der Waals surface area contributed by atoms with E-state index in [4.69, 9.17) is 0 Å². The lowest BCUT2D eigenvalue weighted by molar-refractivity contribution is 0.484. The van der Waals surface area contributed by atoms with E-state index in [1.54, 1.807) is 12.1 Å². The quantitative estimate of drug-likeness (QED) is 0.698. The molecule has 1 aromatic rings. The van der Waals surface area contributed by atoms with Gasteiger partial charge in [-0.05, 0) is 38.3 Å². The first-order valence-corrected chi connectivity index (χ1v) is 5.65. The fraction of sp³-hybridized carbons (Fsp3) is 0.462. The molecule has 1 aliphatic rings. The van der Waals surface area contributed by atoms with Crippen LogP contribution in [0.4, 0.5) is 5.69 Å². The molecule has 1 aromatic carbocycles. The summed E-state index contributed by atoms with van der Waals surface area (Å²) in [7, 11) is 0. The summed E-state index contributed by atoms with van der Waals surface area (Å²) in [6, 6.07) is 9.73. The number of anilines is 1. The van der Waals surface area contributed by atoms with E-state index in [9.17, 15) is 4.79 Å². The van der Waals surface area contributed by atoms with Gasteiger partial charge in [0.15, 0.2) is 0 Å². The summed E-state index contributed by atoms with van der Waals surface area (Å²) in [5, 5.41) is 0. The monoisotopic (exact) mass is 203 g/mol. The Morgan fingerprint density at radius 2 is 2.00 bits per heavy atom. The van der Waals surface area contributed by atoms with Gasteiger partial charge in [-0.2, -0.15) is 0 Å². The van der Waals surface area contributed by atoms with Crippen LogP contribution >= 0.6 is 0 Å². The molecular weight excluding hydrogens is 186 g/mol. The Morgan fingerprint density at radius 1 is 1.20 bits per heavy atom. The van der Waals surface area contributed by atoms with Gasteiger partial charge in [0.05, 0.1) is 5.69 Å². The molecule has 0 spiro atoms. The summed E-state index contributed by atoms with van der Waals surface area (Å²) < 4.78 is 0. The van der Waals surface area contributed by atoms with Crippen molar-refractivity contribution in [3.05, 3.63) is 40.6 Å². The van der Waals surface area contributed by atoms with Gasteiger partial charge in [0.2, 0.25) is 5.43 Å². The summed E-state index contributed by atoms with van der Waals surface area (Å²) in [5.74, 6) is 0. The Kier molecular flexibility index (Phi) is 3.05. The molecule has 0 amide bonds. The molecule has 2 heteroatoms. The van der Waals surface area contributed by atoms with Gasteiger partial charge < -0.3 is 4.90 Å². The van der Waals surface area contributed by atoms with Crippen LogP contribution in [0.3, 0.4) is 0 Å². The zero-order valence-electron chi connectivity index (χ0n) is 9.15. The SMILES string of the molecule is CC1CCCCN1c1cccccc1=O. The second kappa shape index (κ2) is 4.47. The van der Waals surface area contributed by atoms with Crippen LogP contribution in [0.2, 0.25) is 0 Å². The molecule has 1 unspecified atom stereocenters. The van der Waals surface area contributed by atoms with E-state index in [1.165, 1.54) is 19.3 Å². The van der Waals surface area contributed by atoms with Crippen LogP contribution < -0.4 is 10.3 Å². The van der Waals surface area contributed by atoms with Crippen LogP contribution in [-0.4, -0.2) is 12.6 Å². The third kappa shape index (κ3) is 2.20. The molecule has 1 aliphatic heterocycles. The van der Waals surface area contributed by atoms with Gasteiger partial charge in [0.25, 0.3) is 0 Å². The van der Waals surface area contributed by atoms with Crippen molar-refractivity contribution >= 4 is 5.69 Å². The van der Waals surface area contributed by atoms with Crippen LogP contribution in [-0.2, 0) is 0 Å². The number of piperidine rings is 1. The van der Waals surface area contributed by atoms with Crippen LogP contribution in [0, 0.1) is 0 Å². The molecule has 15 heavy (non-hydrogen) atoms. The molecule has 0 aliphatic carbocycles. The standard InChI is InChI=1S/C13H17NO/c1-11-7-5-6-10-14(11)12-8-3-2-4-9-13(12)15/h2-4,8-9,11H,5-7,10H2,1H3. The highest BCUT2D eigenvalue weighted by Gasteiger charge is 2.19. The van der Waals surface area contributed by atoms with Gasteiger partial charge in [-0.15, -0.1) is 0 Å². The molecule has 2 nitrogen and oxygen atoms in total. The normalized spacial score (nSPS) is 21.4. The highest BCUT2D eigenvalue weighted by atomic mass is 16.1. The Labute approximate surface area is 90.5 Å². The van der Waals surface area contributed by atoms with E-state index in [0.29, 0.717) is 6.04 Å². The molecule has 0 radical (unpaired) electrons. The van der Waals surface area contributed by atoms with Gasteiger partial charge in [0, 0.05) is 12.6 Å². The Bertz CT molecular complexity index is 388. The smallest absolute Gasteiger partial charge is 0.201 e. The first kappa shape index (κ1) is 10.2. The molecule has 2 rings (SSSR count). The maximum atomic E-state index is 11.8. The lowest BCUT2D eigenvalue weighted by Crippen LogP contribution is -2.39. The van der Waals surface area contributed by atoms with Crippen molar-refractivity contribution in [2.24, 2.45) is 0 Å². The van der Waals surface area contributed by atoms with Crippen molar-refractivity contribution in [3.8, 4) is 0 Å². The molecule has 80 valence electrons. The molecule has 0 aromatic heterocycles. The molecule has 1 fully saturated rings. The summed E-state index contributed by atoms with van der Waals surface area (Å²) in [6.07, 6.45) is 3.67. The number of hydrogen-bond acceptors (Lipinski definition) is 2. The van der Waals surface area contributed by atoms with Crippen LogP contribution in [0.15, 0.2) is 35.1 Å². The lowest BCUT2D eigenvalue weighted by atomic mass is 10.0. The largest absolute Gasteiger partial charge is 0.366 e. The van der Waals surface area contributed by atoms with Gasteiger partial charge in [0.1, 0.15) is 0 Å². The second-order valence-electron chi connectivity index (χ2n) is 4.20. The molecule has 0 saturated carbocycles. The van der Waals surface area contributed by atoms with E-state index < -0.39 is 0 Å². The van der Waals surface area contributed by atoms with Gasteiger partial charge >= 0.3 is 0 Å². The average molecular weight is 203 g/mol. The van der Waals surface area contributed by atoms with Gasteiger partial charge in [-0.3, -0.25) is 4.79 Å². The van der Waals surface area contributed by atoms with Crippen molar-refractivity contribution in [1.82, 2.24) is 0 Å². The van der Waals surface area contributed by atoms with Crippen LogP contribution in [0.1, 0.15) is 26.2 Å². The first-order valence-electron chi connectivity index (χ1n) is 5.65. The third-order valence-electron chi connectivity index (χ3n) is 3.09. The van der Waals surface area contributed by atoms with Gasteiger partial charge in [-0.25, -0.2) is 0 Å². The highest BCUT2D eigenvalue weighted by Crippen LogP contribution is 2.21. The number of nitrogens with zero attached hydrogens (tertiary/aromatic N) is 1. The van der Waals surface area contributed by atoms with Crippen LogP contribution in [0.5, 0.6) is 0 Å². The lowest BCUT2D eigenvalue weighted by Gasteiger charge is -2.34. The zero-order chi connectivity index (χ0) is 10.7.